The van der Waals surface area contributed by atoms with Crippen molar-refractivity contribution in [2.45, 2.75) is 23.9 Å². The molecule has 5 nitrogen and oxygen atoms in total. The molecule has 4 atom stereocenters. The highest BCUT2D eigenvalue weighted by Crippen LogP contribution is 2.47. The van der Waals surface area contributed by atoms with Gasteiger partial charge in [-0.2, -0.15) is 0 Å². The van der Waals surface area contributed by atoms with Gasteiger partial charge in [-0.15, -0.1) is 0 Å². The Morgan fingerprint density at radius 3 is 2.13 bits per heavy atom. The number of aliphatic hydroxyl groups excluding tert-OH is 2. The first-order valence-electron chi connectivity index (χ1n) is 7.44. The summed E-state index contributed by atoms with van der Waals surface area (Å²) in [4.78, 5) is 13.3. The lowest BCUT2D eigenvalue weighted by molar-refractivity contribution is -0.174. The Labute approximate surface area is 134 Å². The van der Waals surface area contributed by atoms with Gasteiger partial charge in [0.05, 0.1) is 5.92 Å². The second kappa shape index (κ2) is 5.77. The first-order valence-corrected chi connectivity index (χ1v) is 7.44. The van der Waals surface area contributed by atoms with Crippen LogP contribution in [0.1, 0.15) is 23.1 Å². The highest BCUT2D eigenvalue weighted by Gasteiger charge is 2.60. The highest BCUT2D eigenvalue weighted by molar-refractivity contribution is 5.86. The van der Waals surface area contributed by atoms with Crippen LogP contribution in [0.2, 0.25) is 0 Å². The molecule has 0 aliphatic carbocycles. The molecule has 5 heteroatoms. The molecule has 0 aromatic heterocycles. The molecule has 23 heavy (non-hydrogen) atoms. The van der Waals surface area contributed by atoms with Crippen LogP contribution in [0, 0.1) is 0 Å². The average molecular weight is 313 g/mol. The number of benzene rings is 2. The maximum Gasteiger partial charge on any atom is 0.254 e. The fourth-order valence-corrected chi connectivity index (χ4v) is 3.28. The van der Waals surface area contributed by atoms with Gasteiger partial charge in [-0.05, 0) is 11.1 Å². The van der Waals surface area contributed by atoms with Gasteiger partial charge in [0, 0.05) is 7.05 Å². The minimum absolute atomic E-state index is 0.477. The van der Waals surface area contributed by atoms with Crippen molar-refractivity contribution >= 4 is 5.91 Å². The minimum Gasteiger partial charge on any atom is -0.383 e. The summed E-state index contributed by atoms with van der Waals surface area (Å²) in [7, 11) is 1.39. The van der Waals surface area contributed by atoms with Gasteiger partial charge in [0.1, 0.15) is 12.2 Å². The van der Waals surface area contributed by atoms with Gasteiger partial charge < -0.3 is 20.2 Å². The van der Waals surface area contributed by atoms with Crippen molar-refractivity contribution in [1.29, 1.82) is 0 Å². The Kier molecular flexibility index (Phi) is 3.93. The molecule has 0 spiro atoms. The zero-order valence-electron chi connectivity index (χ0n) is 12.7. The Balaban J connectivity index is 2.11. The lowest BCUT2D eigenvalue weighted by Crippen LogP contribution is -2.51. The lowest BCUT2D eigenvalue weighted by Gasteiger charge is -2.39. The Hall–Kier alpha value is -2.21. The summed E-state index contributed by atoms with van der Waals surface area (Å²) in [6.07, 6.45) is -2.76. The van der Waals surface area contributed by atoms with Crippen molar-refractivity contribution in [3.63, 3.8) is 0 Å². The second-order valence-electron chi connectivity index (χ2n) is 5.83. The van der Waals surface area contributed by atoms with Crippen LogP contribution in [0.15, 0.2) is 60.7 Å². The summed E-state index contributed by atoms with van der Waals surface area (Å²) in [5, 5.41) is 32.3. The van der Waals surface area contributed by atoms with E-state index in [1.165, 1.54) is 7.05 Å². The summed E-state index contributed by atoms with van der Waals surface area (Å²) in [5.74, 6) is -1.56. The van der Waals surface area contributed by atoms with Crippen molar-refractivity contribution < 1.29 is 20.1 Å². The molecule has 0 saturated carbocycles. The largest absolute Gasteiger partial charge is 0.383 e. The maximum absolute atomic E-state index is 12.2. The average Bonchev–Trinajstić information content (AvgIpc) is 2.77. The number of amides is 1. The van der Waals surface area contributed by atoms with Crippen LogP contribution in [0.5, 0.6) is 0 Å². The summed E-state index contributed by atoms with van der Waals surface area (Å²) in [5.41, 5.74) is -0.862. The Morgan fingerprint density at radius 1 is 1.04 bits per heavy atom. The van der Waals surface area contributed by atoms with E-state index in [2.05, 4.69) is 0 Å². The van der Waals surface area contributed by atoms with Crippen molar-refractivity contribution in [3.05, 3.63) is 71.8 Å². The molecule has 0 radical (unpaired) electrons. The first-order chi connectivity index (χ1) is 11.0. The number of aliphatic hydroxyl groups is 3. The fraction of sp³-hybridized carbons (Fsp3) is 0.278. The number of likely N-dealkylation sites (tertiary alicyclic amines) is 1. The summed E-state index contributed by atoms with van der Waals surface area (Å²) in [6, 6.07) is 17.4. The van der Waals surface area contributed by atoms with Crippen molar-refractivity contribution in [1.82, 2.24) is 4.90 Å². The maximum atomic E-state index is 12.2. The number of carbonyl (C=O) groups excluding carboxylic acids is 1. The lowest BCUT2D eigenvalue weighted by atomic mass is 9.81. The van der Waals surface area contributed by atoms with Crippen LogP contribution < -0.4 is 0 Å². The minimum atomic E-state index is -1.93. The van der Waals surface area contributed by atoms with E-state index < -0.39 is 29.8 Å². The number of hydrogen-bond acceptors (Lipinski definition) is 4. The van der Waals surface area contributed by atoms with E-state index in [1.54, 1.807) is 54.6 Å². The van der Waals surface area contributed by atoms with Gasteiger partial charge in [-0.25, -0.2) is 0 Å². The molecule has 3 N–H and O–H groups in total. The molecule has 1 aliphatic heterocycles. The molecule has 0 unspecified atom stereocenters. The zero-order valence-corrected chi connectivity index (χ0v) is 12.7. The van der Waals surface area contributed by atoms with Crippen LogP contribution in [-0.4, -0.2) is 45.0 Å². The molecule has 3 rings (SSSR count). The van der Waals surface area contributed by atoms with E-state index in [4.69, 9.17) is 0 Å². The molecule has 1 aliphatic rings. The second-order valence-corrected chi connectivity index (χ2v) is 5.83. The van der Waals surface area contributed by atoms with Gasteiger partial charge in [-0.1, -0.05) is 60.7 Å². The van der Waals surface area contributed by atoms with E-state index in [0.717, 1.165) is 4.90 Å². The van der Waals surface area contributed by atoms with Crippen molar-refractivity contribution in [2.24, 2.45) is 0 Å². The molecule has 0 bridgehead atoms. The summed E-state index contributed by atoms with van der Waals surface area (Å²) in [6.45, 7) is 0. The van der Waals surface area contributed by atoms with E-state index in [9.17, 15) is 20.1 Å². The molecule has 120 valence electrons. The molecule has 2 aromatic carbocycles. The van der Waals surface area contributed by atoms with Gasteiger partial charge in [0.15, 0.2) is 5.72 Å². The molecule has 1 amide bonds. The first kappa shape index (κ1) is 15.7. The topological polar surface area (TPSA) is 81.0 Å². The molecule has 1 fully saturated rings. The third-order valence-electron chi connectivity index (χ3n) is 4.57. The molecule has 1 heterocycles. The third-order valence-corrected chi connectivity index (χ3v) is 4.57. The van der Waals surface area contributed by atoms with Crippen LogP contribution in [0.25, 0.3) is 0 Å². The monoisotopic (exact) mass is 313 g/mol. The van der Waals surface area contributed by atoms with Gasteiger partial charge >= 0.3 is 0 Å². The Morgan fingerprint density at radius 2 is 1.57 bits per heavy atom. The predicted octanol–water partition coefficient (Wildman–Crippen LogP) is 1.03. The normalized spacial score (nSPS) is 28.9. The number of rotatable bonds is 3. The van der Waals surface area contributed by atoms with Crippen LogP contribution in [0.4, 0.5) is 0 Å². The van der Waals surface area contributed by atoms with Crippen LogP contribution >= 0.6 is 0 Å². The third kappa shape index (κ3) is 2.34. The van der Waals surface area contributed by atoms with E-state index in [0.29, 0.717) is 11.1 Å². The predicted molar refractivity (Wildman–Crippen MR) is 84.3 cm³/mol. The molecular formula is C18H19NO4. The molecule has 1 saturated heterocycles. The standard InChI is InChI=1S/C18H19NO4/c1-19-17(22)15(20)14(12-8-4-2-5-9-12)18(19,23)16(21)13-10-6-3-7-11-13/h2-11,14-16,20-21,23H,1H3/t14-,15-,16+,18-/m1/s1. The van der Waals surface area contributed by atoms with Crippen molar-refractivity contribution in [3.8, 4) is 0 Å². The number of likely N-dealkylation sites (N-methyl/N-ethyl adjacent to an activating group) is 1. The smallest absolute Gasteiger partial charge is 0.254 e. The zero-order chi connectivity index (χ0) is 16.6. The molecule has 2 aromatic rings. The van der Waals surface area contributed by atoms with E-state index in [-0.39, 0.29) is 0 Å². The van der Waals surface area contributed by atoms with Crippen molar-refractivity contribution in [2.75, 3.05) is 7.05 Å². The number of hydrogen-bond donors (Lipinski definition) is 3. The van der Waals surface area contributed by atoms with Gasteiger partial charge in [0.25, 0.3) is 5.91 Å². The Bertz CT molecular complexity index is 691. The quantitative estimate of drug-likeness (QED) is 0.790. The van der Waals surface area contributed by atoms with Gasteiger partial charge in [0.2, 0.25) is 0 Å². The number of carbonyl (C=O) groups is 1. The van der Waals surface area contributed by atoms with Crippen LogP contribution in [-0.2, 0) is 4.79 Å². The summed E-state index contributed by atoms with van der Waals surface area (Å²) < 4.78 is 0. The van der Waals surface area contributed by atoms with Gasteiger partial charge in [-0.3, -0.25) is 4.79 Å². The molecular weight excluding hydrogens is 294 g/mol. The summed E-state index contributed by atoms with van der Waals surface area (Å²) >= 11 is 0. The van der Waals surface area contributed by atoms with E-state index in [1.807, 2.05) is 6.07 Å². The highest BCUT2D eigenvalue weighted by atomic mass is 16.4. The number of nitrogens with zero attached hydrogens (tertiary/aromatic N) is 1. The van der Waals surface area contributed by atoms with Crippen LogP contribution in [0.3, 0.4) is 0 Å². The van der Waals surface area contributed by atoms with E-state index >= 15 is 0 Å². The fourth-order valence-electron chi connectivity index (χ4n) is 3.28. The SMILES string of the molecule is CN1C(=O)[C@H](O)[C@@H](c2ccccc2)[C@@]1(O)[C@@H](O)c1ccccc1.